The Morgan fingerprint density at radius 3 is 2.79 bits per heavy atom. The summed E-state index contributed by atoms with van der Waals surface area (Å²) in [6, 6.07) is 7.83. The van der Waals surface area contributed by atoms with Crippen molar-refractivity contribution in [3.8, 4) is 5.75 Å². The van der Waals surface area contributed by atoms with E-state index in [0.29, 0.717) is 19.6 Å². The second-order valence-corrected chi connectivity index (χ2v) is 4.45. The third kappa shape index (κ3) is 4.10. The SMILES string of the molecule is CCNCCOc1ccc(N2C=CCC(=O)C2)cc1. The zero-order chi connectivity index (χ0) is 13.5. The third-order valence-corrected chi connectivity index (χ3v) is 2.94. The number of carbonyl (C=O) groups excluding carboxylic acids is 1. The summed E-state index contributed by atoms with van der Waals surface area (Å²) in [7, 11) is 0. The largest absolute Gasteiger partial charge is 0.492 e. The van der Waals surface area contributed by atoms with Crippen LogP contribution in [-0.4, -0.2) is 32.0 Å². The number of hydrogen-bond acceptors (Lipinski definition) is 4. The van der Waals surface area contributed by atoms with Crippen LogP contribution in [0, 0.1) is 0 Å². The van der Waals surface area contributed by atoms with Crippen molar-refractivity contribution in [1.82, 2.24) is 5.32 Å². The number of ether oxygens (including phenoxy) is 1. The summed E-state index contributed by atoms with van der Waals surface area (Å²) in [4.78, 5) is 13.3. The fourth-order valence-electron chi connectivity index (χ4n) is 1.95. The molecule has 1 heterocycles. The van der Waals surface area contributed by atoms with Crippen LogP contribution in [0.3, 0.4) is 0 Å². The molecule has 0 saturated carbocycles. The monoisotopic (exact) mass is 260 g/mol. The van der Waals surface area contributed by atoms with Gasteiger partial charge in [0.25, 0.3) is 0 Å². The first kappa shape index (κ1) is 13.6. The van der Waals surface area contributed by atoms with E-state index in [2.05, 4.69) is 12.2 Å². The molecule has 0 atom stereocenters. The molecule has 0 unspecified atom stereocenters. The highest BCUT2D eigenvalue weighted by molar-refractivity contribution is 5.86. The number of rotatable bonds is 6. The molecule has 1 aliphatic rings. The van der Waals surface area contributed by atoms with Gasteiger partial charge in [-0.3, -0.25) is 4.79 Å². The van der Waals surface area contributed by atoms with Crippen molar-refractivity contribution < 1.29 is 9.53 Å². The number of benzene rings is 1. The van der Waals surface area contributed by atoms with Gasteiger partial charge in [-0.15, -0.1) is 0 Å². The smallest absolute Gasteiger partial charge is 0.156 e. The molecule has 19 heavy (non-hydrogen) atoms. The Morgan fingerprint density at radius 2 is 2.11 bits per heavy atom. The molecule has 1 N–H and O–H groups in total. The Hall–Kier alpha value is -1.81. The number of hydrogen-bond donors (Lipinski definition) is 1. The zero-order valence-corrected chi connectivity index (χ0v) is 11.3. The predicted octanol–water partition coefficient (Wildman–Crippen LogP) is 1.97. The summed E-state index contributed by atoms with van der Waals surface area (Å²) in [5.74, 6) is 1.10. The fraction of sp³-hybridized carbons (Fsp3) is 0.400. The maximum absolute atomic E-state index is 11.4. The summed E-state index contributed by atoms with van der Waals surface area (Å²) in [5, 5.41) is 3.21. The lowest BCUT2D eigenvalue weighted by Crippen LogP contribution is -2.27. The van der Waals surface area contributed by atoms with Crippen LogP contribution in [0.4, 0.5) is 5.69 Å². The van der Waals surface area contributed by atoms with Crippen LogP contribution in [0.1, 0.15) is 13.3 Å². The van der Waals surface area contributed by atoms with Gasteiger partial charge in [0.05, 0.1) is 6.54 Å². The zero-order valence-electron chi connectivity index (χ0n) is 11.3. The molecule has 0 fully saturated rings. The van der Waals surface area contributed by atoms with Gasteiger partial charge in [0.15, 0.2) is 5.78 Å². The highest BCUT2D eigenvalue weighted by Crippen LogP contribution is 2.21. The van der Waals surface area contributed by atoms with E-state index in [0.717, 1.165) is 24.5 Å². The lowest BCUT2D eigenvalue weighted by atomic mass is 10.2. The second-order valence-electron chi connectivity index (χ2n) is 4.45. The number of Topliss-reactive ketones (excluding diaryl/α,β-unsaturated/α-hetero) is 1. The van der Waals surface area contributed by atoms with Crippen LogP contribution in [0.15, 0.2) is 36.5 Å². The Kier molecular flexibility index (Phi) is 4.98. The molecule has 1 aliphatic heterocycles. The number of nitrogens with zero attached hydrogens (tertiary/aromatic N) is 1. The lowest BCUT2D eigenvalue weighted by molar-refractivity contribution is -0.117. The summed E-state index contributed by atoms with van der Waals surface area (Å²) >= 11 is 0. The molecule has 4 nitrogen and oxygen atoms in total. The molecule has 0 bridgehead atoms. The lowest BCUT2D eigenvalue weighted by Gasteiger charge is -2.22. The van der Waals surface area contributed by atoms with E-state index in [9.17, 15) is 4.79 Å². The number of anilines is 1. The van der Waals surface area contributed by atoms with Gasteiger partial charge < -0.3 is 15.0 Å². The van der Waals surface area contributed by atoms with Crippen molar-refractivity contribution in [3.63, 3.8) is 0 Å². The third-order valence-electron chi connectivity index (χ3n) is 2.94. The first-order valence-corrected chi connectivity index (χ1v) is 6.68. The molecular weight excluding hydrogens is 240 g/mol. The minimum Gasteiger partial charge on any atom is -0.492 e. The maximum atomic E-state index is 11.4. The molecule has 1 aromatic rings. The summed E-state index contributed by atoms with van der Waals surface area (Å²) in [5.41, 5.74) is 1.02. The molecule has 0 radical (unpaired) electrons. The fourth-order valence-corrected chi connectivity index (χ4v) is 1.95. The minimum atomic E-state index is 0.244. The standard InChI is InChI=1S/C15H20N2O2/c1-2-16-9-11-19-15-7-5-13(6-8-15)17-10-3-4-14(18)12-17/h3,5-8,10,16H,2,4,9,11-12H2,1H3. The topological polar surface area (TPSA) is 41.6 Å². The Morgan fingerprint density at radius 1 is 1.32 bits per heavy atom. The molecule has 1 aromatic carbocycles. The first-order chi connectivity index (χ1) is 9.29. The van der Waals surface area contributed by atoms with Gasteiger partial charge in [-0.05, 0) is 30.8 Å². The van der Waals surface area contributed by atoms with E-state index >= 15 is 0 Å². The average molecular weight is 260 g/mol. The van der Waals surface area contributed by atoms with Crippen LogP contribution >= 0.6 is 0 Å². The average Bonchev–Trinajstić information content (AvgIpc) is 2.44. The molecule has 0 spiro atoms. The van der Waals surface area contributed by atoms with Crippen molar-refractivity contribution >= 4 is 11.5 Å². The summed E-state index contributed by atoms with van der Waals surface area (Å²) in [6.07, 6.45) is 4.40. The maximum Gasteiger partial charge on any atom is 0.156 e. The van der Waals surface area contributed by atoms with Gasteiger partial charge in [0.1, 0.15) is 12.4 Å². The predicted molar refractivity (Wildman–Crippen MR) is 76.6 cm³/mol. The van der Waals surface area contributed by atoms with Gasteiger partial charge >= 0.3 is 0 Å². The Labute approximate surface area is 114 Å². The molecule has 0 aliphatic carbocycles. The number of nitrogens with one attached hydrogen (secondary N) is 1. The molecule has 2 rings (SSSR count). The highest BCUT2D eigenvalue weighted by Gasteiger charge is 2.12. The molecule has 0 aromatic heterocycles. The molecule has 0 saturated heterocycles. The number of likely N-dealkylation sites (N-methyl/N-ethyl adjacent to an activating group) is 1. The summed E-state index contributed by atoms with van der Waals surface area (Å²) in [6.45, 7) is 4.99. The number of ketones is 1. The first-order valence-electron chi connectivity index (χ1n) is 6.68. The molecule has 102 valence electrons. The van der Waals surface area contributed by atoms with Crippen LogP contribution in [0.2, 0.25) is 0 Å². The normalized spacial score (nSPS) is 14.8. The number of carbonyl (C=O) groups is 1. The van der Waals surface area contributed by atoms with Crippen molar-refractivity contribution in [2.24, 2.45) is 0 Å². The van der Waals surface area contributed by atoms with Crippen molar-refractivity contribution in [1.29, 1.82) is 0 Å². The summed E-state index contributed by atoms with van der Waals surface area (Å²) < 4.78 is 5.61. The van der Waals surface area contributed by atoms with Crippen LogP contribution < -0.4 is 15.0 Å². The van der Waals surface area contributed by atoms with Gasteiger partial charge in [0, 0.05) is 24.9 Å². The molecular formula is C15H20N2O2. The minimum absolute atomic E-state index is 0.244. The van der Waals surface area contributed by atoms with Crippen LogP contribution in [-0.2, 0) is 4.79 Å². The van der Waals surface area contributed by atoms with Gasteiger partial charge in [-0.25, -0.2) is 0 Å². The van der Waals surface area contributed by atoms with E-state index in [1.54, 1.807) is 0 Å². The second kappa shape index (κ2) is 6.95. The number of allylic oxidation sites excluding steroid dienone is 1. The van der Waals surface area contributed by atoms with Gasteiger partial charge in [-0.1, -0.05) is 13.0 Å². The van der Waals surface area contributed by atoms with Crippen molar-refractivity contribution in [2.75, 3.05) is 31.1 Å². The van der Waals surface area contributed by atoms with E-state index in [1.807, 2.05) is 41.4 Å². The van der Waals surface area contributed by atoms with E-state index in [4.69, 9.17) is 4.74 Å². The quantitative estimate of drug-likeness (QED) is 0.794. The van der Waals surface area contributed by atoms with Crippen LogP contribution in [0.25, 0.3) is 0 Å². The van der Waals surface area contributed by atoms with Crippen LogP contribution in [0.5, 0.6) is 5.75 Å². The Bertz CT molecular complexity index is 440. The molecule has 4 heteroatoms. The van der Waals surface area contributed by atoms with Gasteiger partial charge in [-0.2, -0.15) is 0 Å². The van der Waals surface area contributed by atoms with Crippen molar-refractivity contribution in [2.45, 2.75) is 13.3 Å². The molecule has 0 amide bonds. The Balaban J connectivity index is 1.89. The van der Waals surface area contributed by atoms with E-state index in [1.165, 1.54) is 0 Å². The highest BCUT2D eigenvalue weighted by atomic mass is 16.5. The van der Waals surface area contributed by atoms with Gasteiger partial charge in [0.2, 0.25) is 0 Å². The van der Waals surface area contributed by atoms with Crippen molar-refractivity contribution in [3.05, 3.63) is 36.5 Å². The van der Waals surface area contributed by atoms with E-state index < -0.39 is 0 Å². The van der Waals surface area contributed by atoms with E-state index in [-0.39, 0.29) is 5.78 Å².